The topological polar surface area (TPSA) is 92.5 Å². The summed E-state index contributed by atoms with van der Waals surface area (Å²) in [4.78, 5) is 0.294. The highest BCUT2D eigenvalue weighted by Crippen LogP contribution is 2.35. The Labute approximate surface area is 185 Å². The number of ether oxygens (including phenoxy) is 3. The molecule has 0 amide bonds. The van der Waals surface area contributed by atoms with Gasteiger partial charge in [0.25, 0.3) is 0 Å². The average Bonchev–Trinajstić information content (AvgIpc) is 3.33. The summed E-state index contributed by atoms with van der Waals surface area (Å²) in [6, 6.07) is 18.3. The Bertz CT molecular complexity index is 1350. The summed E-state index contributed by atoms with van der Waals surface area (Å²) in [5.41, 5.74) is 1.46. The summed E-state index contributed by atoms with van der Waals surface area (Å²) < 4.78 is 44.2. The van der Waals surface area contributed by atoms with Gasteiger partial charge in [-0.15, -0.1) is 5.10 Å². The van der Waals surface area contributed by atoms with Crippen LogP contribution >= 0.6 is 0 Å². The number of para-hydroxylation sites is 1. The molecule has 1 aromatic heterocycles. The van der Waals surface area contributed by atoms with Gasteiger partial charge >= 0.3 is 0 Å². The van der Waals surface area contributed by atoms with E-state index in [0.717, 1.165) is 0 Å². The van der Waals surface area contributed by atoms with Gasteiger partial charge in [-0.3, -0.25) is 0 Å². The monoisotopic (exact) mass is 451 g/mol. The third-order valence-electron chi connectivity index (χ3n) is 4.94. The number of hydrogen-bond acceptors (Lipinski definition) is 7. The van der Waals surface area contributed by atoms with E-state index in [1.54, 1.807) is 67.9 Å². The predicted octanol–water partition coefficient (Wildman–Crippen LogP) is 3.79. The van der Waals surface area contributed by atoms with Gasteiger partial charge in [-0.2, -0.15) is 0 Å². The number of aromatic nitrogens is 3. The van der Waals surface area contributed by atoms with Crippen LogP contribution < -0.4 is 14.2 Å². The number of methoxy groups -OCH3 is 3. The molecule has 32 heavy (non-hydrogen) atoms. The predicted molar refractivity (Wildman–Crippen MR) is 118 cm³/mol. The Morgan fingerprint density at radius 2 is 1.56 bits per heavy atom. The summed E-state index contributed by atoms with van der Waals surface area (Å²) in [6.45, 7) is 0. The van der Waals surface area contributed by atoms with E-state index in [9.17, 15) is 8.42 Å². The molecule has 0 N–H and O–H groups in total. The van der Waals surface area contributed by atoms with E-state index in [1.807, 2.05) is 0 Å². The van der Waals surface area contributed by atoms with Crippen LogP contribution in [0.25, 0.3) is 16.9 Å². The molecule has 0 saturated carbocycles. The second-order valence-corrected chi connectivity index (χ2v) is 8.65. The molecule has 1 heterocycles. The largest absolute Gasteiger partial charge is 0.497 e. The molecular weight excluding hydrogens is 430 g/mol. The minimum Gasteiger partial charge on any atom is -0.497 e. The molecule has 0 radical (unpaired) electrons. The lowest BCUT2D eigenvalue weighted by molar-refractivity contribution is 0.353. The van der Waals surface area contributed by atoms with Crippen LogP contribution in [0.5, 0.6) is 17.2 Å². The number of nitrogens with zero attached hydrogens (tertiary/aromatic N) is 3. The van der Waals surface area contributed by atoms with Gasteiger partial charge in [-0.05, 0) is 42.5 Å². The van der Waals surface area contributed by atoms with Crippen molar-refractivity contribution in [1.29, 1.82) is 0 Å². The minimum absolute atomic E-state index is 0.134. The molecule has 8 nitrogen and oxygen atoms in total. The van der Waals surface area contributed by atoms with E-state index in [2.05, 4.69) is 10.3 Å². The molecule has 4 aromatic rings. The molecule has 0 aliphatic rings. The summed E-state index contributed by atoms with van der Waals surface area (Å²) in [5, 5.41) is 8.41. The van der Waals surface area contributed by atoms with Crippen LogP contribution in [0.1, 0.15) is 0 Å². The van der Waals surface area contributed by atoms with Crippen molar-refractivity contribution in [2.45, 2.75) is 9.79 Å². The van der Waals surface area contributed by atoms with Crippen molar-refractivity contribution in [3.05, 3.63) is 72.9 Å². The van der Waals surface area contributed by atoms with E-state index in [1.165, 1.54) is 31.0 Å². The van der Waals surface area contributed by atoms with E-state index in [-0.39, 0.29) is 9.79 Å². The van der Waals surface area contributed by atoms with Crippen molar-refractivity contribution in [3.8, 4) is 34.2 Å². The average molecular weight is 452 g/mol. The van der Waals surface area contributed by atoms with Crippen molar-refractivity contribution >= 4 is 9.84 Å². The first kappa shape index (κ1) is 21.4. The third-order valence-corrected chi connectivity index (χ3v) is 6.77. The van der Waals surface area contributed by atoms with Crippen LogP contribution in [-0.4, -0.2) is 44.7 Å². The highest BCUT2D eigenvalue weighted by Gasteiger charge is 2.23. The van der Waals surface area contributed by atoms with E-state index in [0.29, 0.717) is 34.2 Å². The van der Waals surface area contributed by atoms with Crippen LogP contribution in [0.4, 0.5) is 0 Å². The molecule has 0 atom stereocenters. The fraction of sp³-hybridized carbons (Fsp3) is 0.130. The normalized spacial score (nSPS) is 11.2. The van der Waals surface area contributed by atoms with Gasteiger partial charge in [0, 0.05) is 5.56 Å². The van der Waals surface area contributed by atoms with E-state index < -0.39 is 9.84 Å². The lowest BCUT2D eigenvalue weighted by Crippen LogP contribution is -2.04. The second-order valence-electron chi connectivity index (χ2n) is 6.74. The summed E-state index contributed by atoms with van der Waals surface area (Å²) >= 11 is 0. The van der Waals surface area contributed by atoms with Gasteiger partial charge in [0.2, 0.25) is 9.84 Å². The van der Waals surface area contributed by atoms with Gasteiger partial charge in [-0.1, -0.05) is 29.5 Å². The highest BCUT2D eigenvalue weighted by molar-refractivity contribution is 7.91. The van der Waals surface area contributed by atoms with E-state index in [4.69, 9.17) is 14.2 Å². The van der Waals surface area contributed by atoms with Crippen LogP contribution in [0.15, 0.2) is 82.7 Å². The number of benzene rings is 3. The zero-order valence-electron chi connectivity index (χ0n) is 17.7. The lowest BCUT2D eigenvalue weighted by atomic mass is 10.2. The molecule has 4 rings (SSSR count). The zero-order valence-corrected chi connectivity index (χ0v) is 18.5. The first-order chi connectivity index (χ1) is 15.5. The fourth-order valence-electron chi connectivity index (χ4n) is 3.35. The molecule has 0 bridgehead atoms. The van der Waals surface area contributed by atoms with Crippen LogP contribution in [0.2, 0.25) is 0 Å². The Morgan fingerprint density at radius 1 is 0.812 bits per heavy atom. The maximum atomic E-state index is 13.4. The van der Waals surface area contributed by atoms with Crippen molar-refractivity contribution in [2.75, 3.05) is 21.3 Å². The highest BCUT2D eigenvalue weighted by atomic mass is 32.2. The molecule has 9 heteroatoms. The van der Waals surface area contributed by atoms with Crippen molar-refractivity contribution < 1.29 is 22.6 Å². The smallest absolute Gasteiger partial charge is 0.207 e. The molecule has 3 aromatic carbocycles. The SMILES string of the molecule is COc1ccc(S(=O)(=O)c2ccccc2-c2cn(-c3cccc(OC)c3OC)nn2)cc1. The number of rotatable bonds is 7. The van der Waals surface area contributed by atoms with Gasteiger partial charge in [0.05, 0.1) is 37.3 Å². The molecular formula is C23H21N3O5S. The maximum absolute atomic E-state index is 13.4. The summed E-state index contributed by atoms with van der Waals surface area (Å²) in [7, 11) is 0.816. The van der Waals surface area contributed by atoms with Gasteiger partial charge in [0.1, 0.15) is 17.1 Å². The molecule has 0 unspecified atom stereocenters. The van der Waals surface area contributed by atoms with Crippen LogP contribution in [0, 0.1) is 0 Å². The Morgan fingerprint density at radius 3 is 2.25 bits per heavy atom. The number of hydrogen-bond donors (Lipinski definition) is 0. The first-order valence-corrected chi connectivity index (χ1v) is 11.1. The second kappa shape index (κ2) is 8.72. The Balaban J connectivity index is 1.79. The Hall–Kier alpha value is -3.85. The molecule has 164 valence electrons. The van der Waals surface area contributed by atoms with Crippen molar-refractivity contribution in [2.24, 2.45) is 0 Å². The molecule has 0 aliphatic carbocycles. The van der Waals surface area contributed by atoms with Crippen LogP contribution in [0.3, 0.4) is 0 Å². The Kier molecular flexibility index (Phi) is 5.83. The molecule has 0 fully saturated rings. The van der Waals surface area contributed by atoms with Crippen molar-refractivity contribution in [1.82, 2.24) is 15.0 Å². The standard InChI is InChI=1S/C23H21N3O5S/c1-29-16-11-13-17(14-12-16)32(27,28)22-10-5-4-7-18(22)19-15-26(25-24-19)20-8-6-9-21(30-2)23(20)31-3/h4-15H,1-3H3. The third kappa shape index (κ3) is 3.78. The van der Waals surface area contributed by atoms with Crippen molar-refractivity contribution in [3.63, 3.8) is 0 Å². The summed E-state index contributed by atoms with van der Waals surface area (Å²) in [5.74, 6) is 1.61. The fourth-order valence-corrected chi connectivity index (χ4v) is 4.82. The molecule has 0 aliphatic heterocycles. The van der Waals surface area contributed by atoms with Gasteiger partial charge in [-0.25, -0.2) is 13.1 Å². The first-order valence-electron chi connectivity index (χ1n) is 9.62. The quantitative estimate of drug-likeness (QED) is 0.422. The zero-order chi connectivity index (χ0) is 22.7. The van der Waals surface area contributed by atoms with Crippen LogP contribution in [-0.2, 0) is 9.84 Å². The van der Waals surface area contributed by atoms with Gasteiger partial charge < -0.3 is 14.2 Å². The lowest BCUT2D eigenvalue weighted by Gasteiger charge is -2.11. The number of sulfone groups is 1. The molecule has 0 spiro atoms. The summed E-state index contributed by atoms with van der Waals surface area (Å²) in [6.07, 6.45) is 1.65. The molecule has 0 saturated heterocycles. The minimum atomic E-state index is -3.80. The maximum Gasteiger partial charge on any atom is 0.207 e. The van der Waals surface area contributed by atoms with E-state index >= 15 is 0 Å². The van der Waals surface area contributed by atoms with Gasteiger partial charge in [0.15, 0.2) is 11.5 Å².